The highest BCUT2D eigenvalue weighted by Crippen LogP contribution is 2.23. The average Bonchev–Trinajstić information content (AvgIpc) is 2.45. The van der Waals surface area contributed by atoms with Gasteiger partial charge in [0.2, 0.25) is 11.8 Å². The van der Waals surface area contributed by atoms with E-state index in [1.54, 1.807) is 24.9 Å². The standard InChI is InChI=1S/C15H22N4O4/c1-10(2)16-14(20)9-18(4)11(3)15(21)17-12-7-5-6-8-13(12)19(22)23/h5-8,10-11H,9H2,1-4H3,(H,16,20)(H,17,21)/t11-/m1/s1. The van der Waals surface area contributed by atoms with E-state index in [0.29, 0.717) is 0 Å². The van der Waals surface area contributed by atoms with Crippen LogP contribution in [0.2, 0.25) is 0 Å². The predicted molar refractivity (Wildman–Crippen MR) is 87.1 cm³/mol. The van der Waals surface area contributed by atoms with Crippen LogP contribution in [0, 0.1) is 10.1 Å². The van der Waals surface area contributed by atoms with Crippen LogP contribution in [0.4, 0.5) is 11.4 Å². The van der Waals surface area contributed by atoms with E-state index < -0.39 is 16.9 Å². The van der Waals surface area contributed by atoms with Crippen LogP contribution in [0.1, 0.15) is 20.8 Å². The van der Waals surface area contributed by atoms with E-state index in [2.05, 4.69) is 10.6 Å². The minimum Gasteiger partial charge on any atom is -0.353 e. The molecule has 0 saturated carbocycles. The van der Waals surface area contributed by atoms with Gasteiger partial charge in [0.15, 0.2) is 0 Å². The van der Waals surface area contributed by atoms with Gasteiger partial charge in [-0.3, -0.25) is 24.6 Å². The Kier molecular flexibility index (Phi) is 6.65. The number of nitro benzene ring substituents is 1. The van der Waals surface area contributed by atoms with Crippen molar-refractivity contribution < 1.29 is 14.5 Å². The Balaban J connectivity index is 2.70. The fraction of sp³-hybridized carbons (Fsp3) is 0.467. The normalized spacial score (nSPS) is 12.1. The Bertz CT molecular complexity index is 589. The number of para-hydroxylation sites is 2. The first kappa shape index (κ1) is 18.6. The lowest BCUT2D eigenvalue weighted by Crippen LogP contribution is -2.46. The van der Waals surface area contributed by atoms with Gasteiger partial charge in [0, 0.05) is 12.1 Å². The third kappa shape index (κ3) is 5.67. The van der Waals surface area contributed by atoms with E-state index in [9.17, 15) is 19.7 Å². The SMILES string of the molecule is CC(C)NC(=O)CN(C)[C@H](C)C(=O)Nc1ccccc1[N+](=O)[O-]. The number of hydrogen-bond acceptors (Lipinski definition) is 5. The van der Waals surface area contributed by atoms with Crippen molar-refractivity contribution in [2.75, 3.05) is 18.9 Å². The van der Waals surface area contributed by atoms with Gasteiger partial charge in [-0.1, -0.05) is 12.1 Å². The maximum absolute atomic E-state index is 12.2. The van der Waals surface area contributed by atoms with Gasteiger partial charge in [0.1, 0.15) is 5.69 Å². The number of nitro groups is 1. The first-order chi connectivity index (χ1) is 10.7. The van der Waals surface area contributed by atoms with E-state index in [0.717, 1.165) is 0 Å². The van der Waals surface area contributed by atoms with Crippen LogP contribution in [0.5, 0.6) is 0 Å². The summed E-state index contributed by atoms with van der Waals surface area (Å²) in [5.41, 5.74) is -0.0392. The third-order valence-corrected chi connectivity index (χ3v) is 3.24. The number of likely N-dealkylation sites (N-methyl/N-ethyl adjacent to an activating group) is 1. The molecule has 2 amide bonds. The number of carbonyl (C=O) groups is 2. The lowest BCUT2D eigenvalue weighted by atomic mass is 10.2. The molecule has 0 aliphatic carbocycles. The highest BCUT2D eigenvalue weighted by molar-refractivity contribution is 5.96. The molecule has 0 aromatic heterocycles. The number of rotatable bonds is 7. The lowest BCUT2D eigenvalue weighted by Gasteiger charge is -2.23. The molecule has 0 saturated heterocycles. The van der Waals surface area contributed by atoms with E-state index in [-0.39, 0.29) is 29.9 Å². The van der Waals surface area contributed by atoms with Crippen molar-refractivity contribution in [3.8, 4) is 0 Å². The van der Waals surface area contributed by atoms with Crippen molar-refractivity contribution in [1.82, 2.24) is 10.2 Å². The zero-order valence-electron chi connectivity index (χ0n) is 13.7. The van der Waals surface area contributed by atoms with Crippen LogP contribution >= 0.6 is 0 Å². The summed E-state index contributed by atoms with van der Waals surface area (Å²) in [6, 6.07) is 5.32. The number of carbonyl (C=O) groups excluding carboxylic acids is 2. The van der Waals surface area contributed by atoms with Crippen molar-refractivity contribution in [1.29, 1.82) is 0 Å². The van der Waals surface area contributed by atoms with Crippen molar-refractivity contribution in [3.05, 3.63) is 34.4 Å². The van der Waals surface area contributed by atoms with Crippen molar-refractivity contribution in [2.24, 2.45) is 0 Å². The summed E-state index contributed by atoms with van der Waals surface area (Å²) in [6.07, 6.45) is 0. The molecule has 0 spiro atoms. The monoisotopic (exact) mass is 322 g/mol. The molecule has 0 unspecified atom stereocenters. The summed E-state index contributed by atoms with van der Waals surface area (Å²) in [6.45, 7) is 5.39. The van der Waals surface area contributed by atoms with Gasteiger partial charge in [0.05, 0.1) is 17.5 Å². The van der Waals surface area contributed by atoms with Gasteiger partial charge in [-0.25, -0.2) is 0 Å². The Morgan fingerprint density at radius 3 is 2.43 bits per heavy atom. The number of hydrogen-bond donors (Lipinski definition) is 2. The second-order valence-electron chi connectivity index (χ2n) is 5.58. The van der Waals surface area contributed by atoms with E-state index in [4.69, 9.17) is 0 Å². The van der Waals surface area contributed by atoms with Crippen molar-refractivity contribution >= 4 is 23.2 Å². The topological polar surface area (TPSA) is 105 Å². The molecule has 0 fully saturated rings. The van der Waals surface area contributed by atoms with Crippen LogP contribution in [0.25, 0.3) is 0 Å². The first-order valence-corrected chi connectivity index (χ1v) is 7.26. The molecule has 1 rings (SSSR count). The molecule has 1 atom stereocenters. The van der Waals surface area contributed by atoms with Gasteiger partial charge in [-0.2, -0.15) is 0 Å². The van der Waals surface area contributed by atoms with Crippen LogP contribution in [-0.4, -0.2) is 47.3 Å². The maximum Gasteiger partial charge on any atom is 0.292 e. The second kappa shape index (κ2) is 8.23. The van der Waals surface area contributed by atoms with Crippen LogP contribution in [0.15, 0.2) is 24.3 Å². The first-order valence-electron chi connectivity index (χ1n) is 7.26. The van der Waals surface area contributed by atoms with Gasteiger partial charge >= 0.3 is 0 Å². The summed E-state index contributed by atoms with van der Waals surface area (Å²) in [5, 5.41) is 16.2. The van der Waals surface area contributed by atoms with Crippen molar-refractivity contribution in [3.63, 3.8) is 0 Å². The Labute approximate surface area is 135 Å². The zero-order chi connectivity index (χ0) is 17.6. The van der Waals surface area contributed by atoms with Gasteiger partial charge in [0.25, 0.3) is 5.69 Å². The summed E-state index contributed by atoms with van der Waals surface area (Å²) in [7, 11) is 1.64. The molecule has 0 heterocycles. The second-order valence-corrected chi connectivity index (χ2v) is 5.58. The number of amides is 2. The molecule has 8 nitrogen and oxygen atoms in total. The van der Waals surface area contributed by atoms with Gasteiger partial charge in [-0.05, 0) is 33.9 Å². The fourth-order valence-electron chi connectivity index (χ4n) is 1.91. The molecule has 126 valence electrons. The van der Waals surface area contributed by atoms with Crippen LogP contribution < -0.4 is 10.6 Å². The minimum absolute atomic E-state index is 0.0204. The van der Waals surface area contributed by atoms with Crippen molar-refractivity contribution in [2.45, 2.75) is 32.9 Å². The summed E-state index contributed by atoms with van der Waals surface area (Å²) < 4.78 is 0. The molecule has 8 heteroatoms. The molecule has 0 bridgehead atoms. The quantitative estimate of drug-likeness (QED) is 0.583. The molecule has 0 aliphatic heterocycles. The number of nitrogens with one attached hydrogen (secondary N) is 2. The largest absolute Gasteiger partial charge is 0.353 e. The van der Waals surface area contributed by atoms with E-state index in [1.807, 2.05) is 13.8 Å². The lowest BCUT2D eigenvalue weighted by molar-refractivity contribution is -0.383. The average molecular weight is 322 g/mol. The highest BCUT2D eigenvalue weighted by atomic mass is 16.6. The highest BCUT2D eigenvalue weighted by Gasteiger charge is 2.23. The predicted octanol–water partition coefficient (Wildman–Crippen LogP) is 1.38. The molecule has 23 heavy (non-hydrogen) atoms. The van der Waals surface area contributed by atoms with Gasteiger partial charge in [-0.15, -0.1) is 0 Å². The number of nitrogens with zero attached hydrogens (tertiary/aromatic N) is 2. The smallest absolute Gasteiger partial charge is 0.292 e. The Morgan fingerprint density at radius 1 is 1.26 bits per heavy atom. The van der Waals surface area contributed by atoms with E-state index in [1.165, 1.54) is 18.2 Å². The van der Waals surface area contributed by atoms with E-state index >= 15 is 0 Å². The van der Waals surface area contributed by atoms with Crippen LogP contribution in [-0.2, 0) is 9.59 Å². The van der Waals surface area contributed by atoms with Gasteiger partial charge < -0.3 is 10.6 Å². The molecule has 1 aromatic carbocycles. The summed E-state index contributed by atoms with van der Waals surface area (Å²) >= 11 is 0. The molecular formula is C15H22N4O4. The fourth-order valence-corrected chi connectivity index (χ4v) is 1.91. The molecule has 2 N–H and O–H groups in total. The zero-order valence-corrected chi connectivity index (χ0v) is 13.7. The third-order valence-electron chi connectivity index (χ3n) is 3.24. The number of benzene rings is 1. The maximum atomic E-state index is 12.2. The molecule has 0 radical (unpaired) electrons. The summed E-state index contributed by atoms with van der Waals surface area (Å²) in [5.74, 6) is -0.605. The number of anilines is 1. The Hall–Kier alpha value is -2.48. The minimum atomic E-state index is -0.618. The molecular weight excluding hydrogens is 300 g/mol. The van der Waals surface area contributed by atoms with Crippen LogP contribution in [0.3, 0.4) is 0 Å². The molecule has 1 aromatic rings. The Morgan fingerprint density at radius 2 is 1.87 bits per heavy atom. The summed E-state index contributed by atoms with van der Waals surface area (Å²) in [4.78, 5) is 35.9. The molecule has 0 aliphatic rings.